The average Bonchev–Trinajstić information content (AvgIpc) is 2.50. The third-order valence-electron chi connectivity index (χ3n) is 2.96. The quantitative estimate of drug-likeness (QED) is 0.695. The molecule has 22 heavy (non-hydrogen) atoms. The van der Waals surface area contributed by atoms with Crippen LogP contribution in [-0.4, -0.2) is 13.4 Å². The number of pyridine rings is 1. The highest BCUT2D eigenvalue weighted by molar-refractivity contribution is 7.87. The fraction of sp³-hybridized carbons (Fsp3) is 0. The molecule has 0 fully saturated rings. The van der Waals surface area contributed by atoms with Gasteiger partial charge in [-0.05, 0) is 24.3 Å². The number of halogens is 2. The first-order chi connectivity index (χ1) is 10.5. The first-order valence-electron chi connectivity index (χ1n) is 6.21. The maximum absolute atomic E-state index is 13.1. The zero-order valence-corrected chi connectivity index (χ0v) is 11.8. The molecule has 2 aromatic carbocycles. The second kappa shape index (κ2) is 5.34. The Hall–Kier alpha value is -2.54. The molecule has 112 valence electrons. The Labute approximate surface area is 125 Å². The summed E-state index contributed by atoms with van der Waals surface area (Å²) in [5.41, 5.74) is 0.243. The van der Waals surface area contributed by atoms with E-state index in [1.807, 2.05) is 0 Å². The van der Waals surface area contributed by atoms with E-state index in [9.17, 15) is 17.2 Å². The second-order valence-electron chi connectivity index (χ2n) is 4.44. The van der Waals surface area contributed by atoms with Crippen molar-refractivity contribution in [1.29, 1.82) is 0 Å². The molecular formula is C15H9F2NO3S. The minimum absolute atomic E-state index is 0.143. The number of aromatic nitrogens is 1. The first-order valence-corrected chi connectivity index (χ1v) is 7.61. The maximum Gasteiger partial charge on any atom is 0.341 e. The molecule has 0 saturated heterocycles. The molecule has 3 aromatic rings. The van der Waals surface area contributed by atoms with Gasteiger partial charge in [-0.3, -0.25) is 4.98 Å². The minimum atomic E-state index is -4.22. The lowest BCUT2D eigenvalue weighted by Crippen LogP contribution is -2.11. The summed E-state index contributed by atoms with van der Waals surface area (Å²) in [5, 5.41) is 0.623. The molecule has 4 nitrogen and oxygen atoms in total. The van der Waals surface area contributed by atoms with Gasteiger partial charge in [0.15, 0.2) is 11.6 Å². The summed E-state index contributed by atoms with van der Waals surface area (Å²) in [6.07, 6.45) is 1.46. The Morgan fingerprint density at radius 3 is 2.50 bits per heavy atom. The van der Waals surface area contributed by atoms with Gasteiger partial charge in [0.25, 0.3) is 0 Å². The lowest BCUT2D eigenvalue weighted by molar-refractivity contribution is 0.472. The number of nitrogens with zero attached hydrogens (tertiary/aromatic N) is 1. The van der Waals surface area contributed by atoms with Crippen LogP contribution in [0.25, 0.3) is 10.9 Å². The van der Waals surface area contributed by atoms with E-state index in [0.717, 1.165) is 12.1 Å². The molecule has 0 amide bonds. The summed E-state index contributed by atoms with van der Waals surface area (Å²) in [4.78, 5) is 3.88. The van der Waals surface area contributed by atoms with E-state index >= 15 is 0 Å². The fourth-order valence-electron chi connectivity index (χ4n) is 1.98. The van der Waals surface area contributed by atoms with Crippen LogP contribution < -0.4 is 4.18 Å². The van der Waals surface area contributed by atoms with E-state index in [2.05, 4.69) is 4.98 Å². The van der Waals surface area contributed by atoms with Crippen molar-refractivity contribution in [2.75, 3.05) is 0 Å². The van der Waals surface area contributed by atoms with Crippen molar-refractivity contribution in [3.63, 3.8) is 0 Å². The summed E-state index contributed by atoms with van der Waals surface area (Å²) < 4.78 is 55.5. The van der Waals surface area contributed by atoms with E-state index in [-0.39, 0.29) is 16.2 Å². The van der Waals surface area contributed by atoms with Gasteiger partial charge in [-0.15, -0.1) is 0 Å². The van der Waals surface area contributed by atoms with Crippen molar-refractivity contribution < 1.29 is 21.4 Å². The number of benzene rings is 2. The Morgan fingerprint density at radius 2 is 1.73 bits per heavy atom. The van der Waals surface area contributed by atoms with Gasteiger partial charge in [0.2, 0.25) is 0 Å². The van der Waals surface area contributed by atoms with E-state index in [4.69, 9.17) is 4.18 Å². The van der Waals surface area contributed by atoms with Crippen molar-refractivity contribution in [2.45, 2.75) is 4.90 Å². The highest BCUT2D eigenvalue weighted by Crippen LogP contribution is 2.25. The van der Waals surface area contributed by atoms with Gasteiger partial charge in [0.05, 0.1) is 5.52 Å². The molecule has 0 radical (unpaired) electrons. The second-order valence-corrected chi connectivity index (χ2v) is 5.96. The topological polar surface area (TPSA) is 56.3 Å². The molecule has 0 spiro atoms. The van der Waals surface area contributed by atoms with Gasteiger partial charge in [0, 0.05) is 17.6 Å². The molecule has 0 saturated carbocycles. The van der Waals surface area contributed by atoms with Gasteiger partial charge in [-0.2, -0.15) is 8.42 Å². The lowest BCUT2D eigenvalue weighted by atomic mass is 10.2. The minimum Gasteiger partial charge on any atom is -0.379 e. The summed E-state index contributed by atoms with van der Waals surface area (Å²) in [7, 11) is -4.22. The number of fused-ring (bicyclic) bond motifs is 1. The summed E-state index contributed by atoms with van der Waals surface area (Å²) in [5.74, 6) is -2.59. The molecule has 3 rings (SSSR count). The van der Waals surface area contributed by atoms with Gasteiger partial charge in [-0.1, -0.05) is 18.2 Å². The Morgan fingerprint density at radius 1 is 0.955 bits per heavy atom. The first kappa shape index (κ1) is 14.4. The number of hydrogen-bond acceptors (Lipinski definition) is 4. The predicted octanol–water partition coefficient (Wildman–Crippen LogP) is 3.28. The predicted molar refractivity (Wildman–Crippen MR) is 75.9 cm³/mol. The largest absolute Gasteiger partial charge is 0.379 e. The highest BCUT2D eigenvalue weighted by atomic mass is 32.2. The van der Waals surface area contributed by atoms with Gasteiger partial charge >= 0.3 is 10.1 Å². The standard InChI is InChI=1S/C15H9F2NO3S/c16-12-7-6-11(9-13(12)17)21-22(19,20)14-5-1-3-10-4-2-8-18-15(10)14/h1-9H. The molecule has 0 N–H and O–H groups in total. The van der Waals surface area contributed by atoms with Crippen LogP contribution in [0.1, 0.15) is 0 Å². The number of rotatable bonds is 3. The fourth-order valence-corrected chi connectivity index (χ4v) is 3.08. The number of hydrogen-bond donors (Lipinski definition) is 0. The van der Waals surface area contributed by atoms with E-state index in [0.29, 0.717) is 11.5 Å². The molecule has 0 atom stereocenters. The van der Waals surface area contributed by atoms with E-state index < -0.39 is 21.8 Å². The third kappa shape index (κ3) is 2.62. The van der Waals surface area contributed by atoms with Crippen molar-refractivity contribution in [2.24, 2.45) is 0 Å². The highest BCUT2D eigenvalue weighted by Gasteiger charge is 2.21. The zero-order valence-electron chi connectivity index (χ0n) is 11.0. The lowest BCUT2D eigenvalue weighted by Gasteiger charge is -2.09. The SMILES string of the molecule is O=S(=O)(Oc1ccc(F)c(F)c1)c1cccc2cccnc12. The van der Waals surface area contributed by atoms with Crippen molar-refractivity contribution in [3.05, 3.63) is 66.4 Å². The van der Waals surface area contributed by atoms with Gasteiger partial charge in [0.1, 0.15) is 10.6 Å². The van der Waals surface area contributed by atoms with E-state index in [1.54, 1.807) is 24.3 Å². The van der Waals surface area contributed by atoms with Crippen molar-refractivity contribution in [3.8, 4) is 5.75 Å². The van der Waals surface area contributed by atoms with Crippen LogP contribution in [0.2, 0.25) is 0 Å². The van der Waals surface area contributed by atoms with Gasteiger partial charge in [-0.25, -0.2) is 8.78 Å². The van der Waals surface area contributed by atoms with Gasteiger partial charge < -0.3 is 4.18 Å². The van der Waals surface area contributed by atoms with Crippen LogP contribution >= 0.6 is 0 Å². The third-order valence-corrected chi connectivity index (χ3v) is 4.24. The Bertz CT molecular complexity index is 953. The van der Waals surface area contributed by atoms with Crippen LogP contribution in [-0.2, 0) is 10.1 Å². The van der Waals surface area contributed by atoms with Crippen molar-refractivity contribution >= 4 is 21.0 Å². The van der Waals surface area contributed by atoms with Crippen molar-refractivity contribution in [1.82, 2.24) is 4.98 Å². The smallest absolute Gasteiger partial charge is 0.341 e. The molecule has 1 aromatic heterocycles. The summed E-state index contributed by atoms with van der Waals surface area (Å²) >= 11 is 0. The maximum atomic E-state index is 13.1. The van der Waals surface area contributed by atoms with Crippen LogP contribution in [0.5, 0.6) is 5.75 Å². The Kier molecular flexibility index (Phi) is 3.50. The summed E-state index contributed by atoms with van der Waals surface area (Å²) in [6.45, 7) is 0. The van der Waals surface area contributed by atoms with Crippen LogP contribution in [0.3, 0.4) is 0 Å². The molecule has 0 bridgehead atoms. The van der Waals surface area contributed by atoms with Crippen LogP contribution in [0.15, 0.2) is 59.6 Å². The summed E-state index contributed by atoms with van der Waals surface area (Å²) in [6, 6.07) is 10.5. The molecular weight excluding hydrogens is 312 g/mol. The van der Waals surface area contributed by atoms with Crippen LogP contribution in [0, 0.1) is 11.6 Å². The molecule has 0 aliphatic carbocycles. The number of para-hydroxylation sites is 1. The molecule has 0 unspecified atom stereocenters. The Balaban J connectivity index is 2.07. The molecule has 0 aliphatic rings. The normalized spacial score (nSPS) is 11.5. The molecule has 1 heterocycles. The van der Waals surface area contributed by atoms with Crippen LogP contribution in [0.4, 0.5) is 8.78 Å². The zero-order chi connectivity index (χ0) is 15.7. The average molecular weight is 321 g/mol. The molecule has 7 heteroatoms. The monoisotopic (exact) mass is 321 g/mol. The van der Waals surface area contributed by atoms with E-state index in [1.165, 1.54) is 12.3 Å². The molecule has 0 aliphatic heterocycles.